The lowest BCUT2D eigenvalue weighted by molar-refractivity contribution is -0.202. The number of esters is 2. The standard InChI is InChI=1S/C27H32FNO8S/c1-14(36-24(31)26-11-15-7-16(12-26)9-17(8-15)13-26)35-23(30)21-19-10-20(28)27(29,22(19)21)25(32)37-38(33,34)18-5-3-2-4-6-18/h2-6,14-17,19-22H,7-13,29H2,1H3/t14-,15?,16?,17?,19-,20-,21-,22-,26?,27-/m0/s1. The third-order valence-corrected chi connectivity index (χ3v) is 10.8. The molecule has 6 aliphatic rings. The van der Waals surface area contributed by atoms with Crippen molar-refractivity contribution in [2.45, 2.75) is 74.8 Å². The summed E-state index contributed by atoms with van der Waals surface area (Å²) < 4.78 is 55.5. The molecule has 0 aliphatic heterocycles. The molecule has 0 spiro atoms. The fourth-order valence-corrected chi connectivity index (χ4v) is 9.19. The number of fused-ring (bicyclic) bond motifs is 1. The van der Waals surface area contributed by atoms with Crippen molar-refractivity contribution >= 4 is 28.0 Å². The number of rotatable bonds is 7. The predicted octanol–water partition coefficient (Wildman–Crippen LogP) is 2.87. The molecule has 1 aromatic rings. The Kier molecular flexibility index (Phi) is 5.92. The van der Waals surface area contributed by atoms with E-state index in [4.69, 9.17) is 19.4 Å². The summed E-state index contributed by atoms with van der Waals surface area (Å²) in [4.78, 5) is 38.7. The highest BCUT2D eigenvalue weighted by molar-refractivity contribution is 7.87. The maximum absolute atomic E-state index is 14.9. The normalized spacial score (nSPS) is 41.2. The molecular formula is C27H32FNO8S. The minimum atomic E-state index is -4.52. The summed E-state index contributed by atoms with van der Waals surface area (Å²) >= 11 is 0. The van der Waals surface area contributed by atoms with E-state index in [-0.39, 0.29) is 17.3 Å². The van der Waals surface area contributed by atoms with Crippen molar-refractivity contribution in [2.75, 3.05) is 0 Å². The number of hydrogen-bond acceptors (Lipinski definition) is 9. The predicted molar refractivity (Wildman–Crippen MR) is 129 cm³/mol. The van der Waals surface area contributed by atoms with E-state index >= 15 is 0 Å². The van der Waals surface area contributed by atoms with Gasteiger partial charge in [0.1, 0.15) is 11.1 Å². The molecule has 38 heavy (non-hydrogen) atoms. The van der Waals surface area contributed by atoms with E-state index in [2.05, 4.69) is 0 Å². The summed E-state index contributed by atoms with van der Waals surface area (Å²) in [7, 11) is -4.52. The van der Waals surface area contributed by atoms with Crippen LogP contribution in [0.5, 0.6) is 0 Å². The van der Waals surface area contributed by atoms with E-state index in [1.54, 1.807) is 6.07 Å². The van der Waals surface area contributed by atoms with E-state index in [0.29, 0.717) is 17.8 Å². The van der Waals surface area contributed by atoms with Crippen molar-refractivity contribution in [1.82, 2.24) is 0 Å². The average molecular weight is 550 g/mol. The van der Waals surface area contributed by atoms with Crippen molar-refractivity contribution < 1.29 is 40.8 Å². The highest BCUT2D eigenvalue weighted by atomic mass is 32.2. The number of ether oxygens (including phenoxy) is 2. The van der Waals surface area contributed by atoms with Crippen LogP contribution in [0.4, 0.5) is 4.39 Å². The van der Waals surface area contributed by atoms with Gasteiger partial charge in [-0.2, -0.15) is 8.42 Å². The summed E-state index contributed by atoms with van der Waals surface area (Å²) in [5.74, 6) is -3.38. The second kappa shape index (κ2) is 8.74. The molecule has 0 radical (unpaired) electrons. The molecule has 4 bridgehead atoms. The van der Waals surface area contributed by atoms with Gasteiger partial charge in [-0.15, -0.1) is 0 Å². The van der Waals surface area contributed by atoms with E-state index in [9.17, 15) is 27.2 Å². The zero-order chi connectivity index (χ0) is 27.0. The van der Waals surface area contributed by atoms with Gasteiger partial charge in [-0.3, -0.25) is 9.59 Å². The van der Waals surface area contributed by atoms with Gasteiger partial charge in [0.25, 0.3) is 0 Å². The molecule has 6 fully saturated rings. The second-order valence-electron chi connectivity index (χ2n) is 12.1. The van der Waals surface area contributed by atoms with Crippen molar-refractivity contribution in [1.29, 1.82) is 0 Å². The maximum atomic E-state index is 14.9. The van der Waals surface area contributed by atoms with E-state index < -0.39 is 63.2 Å². The lowest BCUT2D eigenvalue weighted by Gasteiger charge is -2.55. The molecule has 1 aromatic carbocycles. The molecule has 0 saturated heterocycles. The van der Waals surface area contributed by atoms with Crippen molar-refractivity contribution in [3.05, 3.63) is 30.3 Å². The average Bonchev–Trinajstić information content (AvgIpc) is 3.50. The Morgan fingerprint density at radius 2 is 1.53 bits per heavy atom. The fourth-order valence-electron chi connectivity index (χ4n) is 8.26. The molecule has 0 aromatic heterocycles. The Morgan fingerprint density at radius 3 is 2.11 bits per heavy atom. The van der Waals surface area contributed by atoms with Crippen LogP contribution in [0.25, 0.3) is 0 Å². The zero-order valence-corrected chi connectivity index (χ0v) is 21.9. The van der Waals surface area contributed by atoms with Gasteiger partial charge in [0.2, 0.25) is 6.29 Å². The topological polar surface area (TPSA) is 139 Å². The number of halogens is 1. The summed E-state index contributed by atoms with van der Waals surface area (Å²) in [6.45, 7) is 1.46. The van der Waals surface area contributed by atoms with Crippen LogP contribution in [0.1, 0.15) is 51.9 Å². The van der Waals surface area contributed by atoms with Gasteiger partial charge in [0, 0.05) is 12.8 Å². The van der Waals surface area contributed by atoms with Gasteiger partial charge in [0.05, 0.1) is 11.3 Å². The first-order valence-electron chi connectivity index (χ1n) is 13.3. The van der Waals surface area contributed by atoms with Crippen LogP contribution in [-0.4, -0.2) is 44.3 Å². The van der Waals surface area contributed by atoms with Gasteiger partial charge < -0.3 is 19.4 Å². The van der Waals surface area contributed by atoms with E-state index in [0.717, 1.165) is 19.3 Å². The summed E-state index contributed by atoms with van der Waals surface area (Å²) in [5, 5.41) is 0. The summed E-state index contributed by atoms with van der Waals surface area (Å²) in [6, 6.07) is 6.96. The number of hydrogen-bond donors (Lipinski definition) is 1. The molecule has 11 heteroatoms. The molecule has 206 valence electrons. The Bertz CT molecular complexity index is 1230. The number of nitrogens with two attached hydrogens (primary N) is 1. The van der Waals surface area contributed by atoms with Crippen molar-refractivity contribution in [2.24, 2.45) is 46.7 Å². The monoisotopic (exact) mass is 549 g/mol. The highest BCUT2D eigenvalue weighted by Gasteiger charge is 2.75. The van der Waals surface area contributed by atoms with E-state index in [1.165, 1.54) is 50.5 Å². The number of alkyl halides is 1. The fraction of sp³-hybridized carbons (Fsp3) is 0.667. The molecule has 6 aliphatic carbocycles. The van der Waals surface area contributed by atoms with Crippen molar-refractivity contribution in [3.8, 4) is 0 Å². The molecule has 2 N–H and O–H groups in total. The van der Waals surface area contributed by atoms with Crippen molar-refractivity contribution in [3.63, 3.8) is 0 Å². The van der Waals surface area contributed by atoms with E-state index in [1.807, 2.05) is 0 Å². The van der Waals surface area contributed by atoms with Crippen LogP contribution in [0.15, 0.2) is 35.2 Å². The molecule has 0 unspecified atom stereocenters. The Morgan fingerprint density at radius 1 is 0.947 bits per heavy atom. The summed E-state index contributed by atoms with van der Waals surface area (Å²) in [5.41, 5.74) is 3.30. The highest BCUT2D eigenvalue weighted by Crippen LogP contribution is 2.63. The Balaban J connectivity index is 1.08. The third-order valence-electron chi connectivity index (χ3n) is 9.59. The van der Waals surface area contributed by atoms with Crippen LogP contribution in [0, 0.1) is 40.9 Å². The lowest BCUT2D eigenvalue weighted by atomic mass is 9.49. The second-order valence-corrected chi connectivity index (χ2v) is 13.6. The summed E-state index contributed by atoms with van der Waals surface area (Å²) in [6.07, 6.45) is 2.72. The molecule has 9 nitrogen and oxygen atoms in total. The number of carbonyl (C=O) groups excluding carboxylic acids is 3. The molecule has 0 amide bonds. The van der Waals surface area contributed by atoms with Crippen LogP contribution < -0.4 is 5.73 Å². The molecule has 0 heterocycles. The Hall–Kier alpha value is -2.53. The van der Waals surface area contributed by atoms with Crippen LogP contribution in [0.2, 0.25) is 0 Å². The van der Waals surface area contributed by atoms with Gasteiger partial charge in [-0.05, 0) is 80.8 Å². The van der Waals surface area contributed by atoms with Gasteiger partial charge >= 0.3 is 28.0 Å². The minimum absolute atomic E-state index is 0.205. The third kappa shape index (κ3) is 4.04. The largest absolute Gasteiger partial charge is 0.425 e. The smallest absolute Gasteiger partial charge is 0.345 e. The minimum Gasteiger partial charge on any atom is -0.425 e. The quantitative estimate of drug-likeness (QED) is 0.309. The molecular weight excluding hydrogens is 517 g/mol. The molecule has 6 atom stereocenters. The SMILES string of the molecule is C[C@@H](OC(=O)[C@H]1[C@@H]2C[C@H](F)[C@@](N)(C(=O)OS(=O)(=O)c3ccccc3)[C@@H]21)OC(=O)C12CC3CC(CC(C3)C1)C2. The molecule has 7 rings (SSSR count). The first-order chi connectivity index (χ1) is 17.9. The first-order valence-corrected chi connectivity index (χ1v) is 14.7. The first kappa shape index (κ1) is 25.7. The zero-order valence-electron chi connectivity index (χ0n) is 21.1. The lowest BCUT2D eigenvalue weighted by Crippen LogP contribution is -2.57. The van der Waals surface area contributed by atoms with Crippen LogP contribution in [0.3, 0.4) is 0 Å². The number of carbonyl (C=O) groups is 3. The maximum Gasteiger partial charge on any atom is 0.345 e. The Labute approximate surface area is 220 Å². The number of benzene rings is 1. The van der Waals surface area contributed by atoms with Gasteiger partial charge in [-0.1, -0.05) is 18.2 Å². The van der Waals surface area contributed by atoms with Gasteiger partial charge in [-0.25, -0.2) is 9.18 Å². The van der Waals surface area contributed by atoms with Crippen LogP contribution in [-0.2, 0) is 38.2 Å². The molecule has 6 saturated carbocycles. The van der Waals surface area contributed by atoms with Crippen LogP contribution >= 0.6 is 0 Å². The van der Waals surface area contributed by atoms with Gasteiger partial charge in [0.15, 0.2) is 5.54 Å².